The molecule has 0 spiro atoms. The number of rotatable bonds is 3. The van der Waals surface area contributed by atoms with E-state index in [1.165, 1.54) is 0 Å². The fourth-order valence-corrected chi connectivity index (χ4v) is 3.43. The van der Waals surface area contributed by atoms with Crippen molar-refractivity contribution >= 4 is 39.4 Å². The third-order valence-electron chi connectivity index (χ3n) is 4.41. The lowest BCUT2D eigenvalue weighted by atomic mass is 10.2. The summed E-state index contributed by atoms with van der Waals surface area (Å²) < 4.78 is 6.61. The van der Waals surface area contributed by atoms with E-state index in [-0.39, 0.29) is 5.91 Å². The zero-order valence-electron chi connectivity index (χ0n) is 14.3. The van der Waals surface area contributed by atoms with Crippen LogP contribution >= 0.6 is 27.5 Å². The van der Waals surface area contributed by atoms with E-state index in [0.717, 1.165) is 10.0 Å². The summed E-state index contributed by atoms with van der Waals surface area (Å²) in [6.45, 7) is 2.51. The van der Waals surface area contributed by atoms with Gasteiger partial charge in [0.2, 0.25) is 5.95 Å². The molecule has 1 saturated heterocycles. The Labute approximate surface area is 169 Å². The fraction of sp³-hybridized carbons (Fsp3) is 0.211. The zero-order chi connectivity index (χ0) is 18.8. The third kappa shape index (κ3) is 3.84. The Morgan fingerprint density at radius 2 is 1.74 bits per heavy atom. The molecule has 1 fully saturated rings. The lowest BCUT2D eigenvalue weighted by Gasteiger charge is -2.34. The van der Waals surface area contributed by atoms with Crippen LogP contribution in [0.25, 0.3) is 11.3 Å². The standard InChI is InChI=1S/C19H16BrClN4O2/c20-13-11-22-19(23-12-13)25-9-7-24(8-10-25)18(26)17-6-5-16(27-17)14-3-1-2-4-15(14)21/h1-6,11-12H,7-10H2. The van der Waals surface area contributed by atoms with Crippen LogP contribution < -0.4 is 4.90 Å². The maximum Gasteiger partial charge on any atom is 0.289 e. The number of aromatic nitrogens is 2. The van der Waals surface area contributed by atoms with Gasteiger partial charge in [0, 0.05) is 44.1 Å². The first kappa shape index (κ1) is 18.0. The van der Waals surface area contributed by atoms with Crippen LogP contribution in [0, 0.1) is 0 Å². The smallest absolute Gasteiger partial charge is 0.289 e. The third-order valence-corrected chi connectivity index (χ3v) is 5.15. The Morgan fingerprint density at radius 1 is 1.04 bits per heavy atom. The second-order valence-corrected chi connectivity index (χ2v) is 7.45. The van der Waals surface area contributed by atoms with Crippen molar-refractivity contribution in [1.82, 2.24) is 14.9 Å². The first-order chi connectivity index (χ1) is 13.1. The quantitative estimate of drug-likeness (QED) is 0.604. The molecule has 6 nitrogen and oxygen atoms in total. The number of anilines is 1. The van der Waals surface area contributed by atoms with Crippen LogP contribution in [0.4, 0.5) is 5.95 Å². The monoisotopic (exact) mass is 446 g/mol. The van der Waals surface area contributed by atoms with Gasteiger partial charge in [-0.2, -0.15) is 0 Å². The Kier molecular flexibility index (Phi) is 5.13. The minimum absolute atomic E-state index is 0.121. The number of halogens is 2. The largest absolute Gasteiger partial charge is 0.451 e. The lowest BCUT2D eigenvalue weighted by Crippen LogP contribution is -2.49. The van der Waals surface area contributed by atoms with Gasteiger partial charge < -0.3 is 14.2 Å². The van der Waals surface area contributed by atoms with Crippen molar-refractivity contribution in [2.75, 3.05) is 31.1 Å². The van der Waals surface area contributed by atoms with E-state index in [4.69, 9.17) is 16.0 Å². The van der Waals surface area contributed by atoms with Gasteiger partial charge in [-0.1, -0.05) is 23.7 Å². The van der Waals surface area contributed by atoms with Crippen LogP contribution in [0.3, 0.4) is 0 Å². The lowest BCUT2D eigenvalue weighted by molar-refractivity contribution is 0.0715. The molecule has 0 radical (unpaired) electrons. The number of hydrogen-bond donors (Lipinski definition) is 0. The maximum atomic E-state index is 12.8. The SMILES string of the molecule is O=C(c1ccc(-c2ccccc2Cl)o1)N1CCN(c2ncc(Br)cn2)CC1. The van der Waals surface area contributed by atoms with E-state index < -0.39 is 0 Å². The molecule has 2 aromatic heterocycles. The van der Waals surface area contributed by atoms with Gasteiger partial charge in [0.1, 0.15) is 5.76 Å². The van der Waals surface area contributed by atoms with Crippen LogP contribution in [0.5, 0.6) is 0 Å². The molecule has 0 atom stereocenters. The fourth-order valence-electron chi connectivity index (χ4n) is 2.99. The van der Waals surface area contributed by atoms with Crippen molar-refractivity contribution in [2.45, 2.75) is 0 Å². The van der Waals surface area contributed by atoms with Gasteiger partial charge in [0.25, 0.3) is 5.91 Å². The molecule has 0 saturated carbocycles. The molecule has 0 aliphatic carbocycles. The topological polar surface area (TPSA) is 62.5 Å². The molecule has 3 aromatic rings. The van der Waals surface area contributed by atoms with E-state index in [2.05, 4.69) is 30.8 Å². The molecule has 4 rings (SSSR count). The van der Waals surface area contributed by atoms with E-state index >= 15 is 0 Å². The van der Waals surface area contributed by atoms with E-state index in [9.17, 15) is 4.79 Å². The number of nitrogens with zero attached hydrogens (tertiary/aromatic N) is 4. The number of carbonyl (C=O) groups excluding carboxylic acids is 1. The van der Waals surface area contributed by atoms with Crippen molar-refractivity contribution in [3.8, 4) is 11.3 Å². The van der Waals surface area contributed by atoms with Crippen molar-refractivity contribution in [1.29, 1.82) is 0 Å². The predicted molar refractivity (Wildman–Crippen MR) is 107 cm³/mol. The van der Waals surface area contributed by atoms with Crippen LogP contribution in [-0.2, 0) is 0 Å². The molecule has 0 N–H and O–H groups in total. The highest BCUT2D eigenvalue weighted by molar-refractivity contribution is 9.10. The van der Waals surface area contributed by atoms with Crippen LogP contribution in [0.2, 0.25) is 5.02 Å². The minimum Gasteiger partial charge on any atom is -0.451 e. The van der Waals surface area contributed by atoms with Gasteiger partial charge in [0.05, 0.1) is 9.50 Å². The Hall–Kier alpha value is -2.38. The number of amides is 1. The van der Waals surface area contributed by atoms with Gasteiger partial charge >= 0.3 is 0 Å². The minimum atomic E-state index is -0.121. The molecule has 8 heteroatoms. The van der Waals surface area contributed by atoms with Gasteiger partial charge in [-0.3, -0.25) is 4.79 Å². The van der Waals surface area contributed by atoms with Crippen molar-refractivity contribution in [2.24, 2.45) is 0 Å². The van der Waals surface area contributed by atoms with E-state index in [0.29, 0.717) is 48.7 Å². The molecular weight excluding hydrogens is 432 g/mol. The first-order valence-electron chi connectivity index (χ1n) is 8.48. The van der Waals surface area contributed by atoms with Crippen LogP contribution in [0.1, 0.15) is 10.6 Å². The molecular formula is C19H16BrClN4O2. The molecule has 3 heterocycles. The van der Waals surface area contributed by atoms with Crippen molar-refractivity contribution in [3.63, 3.8) is 0 Å². The molecule has 1 aromatic carbocycles. The summed E-state index contributed by atoms with van der Waals surface area (Å²) in [5.41, 5.74) is 0.774. The zero-order valence-corrected chi connectivity index (χ0v) is 16.7. The summed E-state index contributed by atoms with van der Waals surface area (Å²) in [4.78, 5) is 25.2. The average Bonchev–Trinajstić information content (AvgIpc) is 3.18. The summed E-state index contributed by atoms with van der Waals surface area (Å²) in [6.07, 6.45) is 3.44. The Morgan fingerprint density at radius 3 is 2.44 bits per heavy atom. The highest BCUT2D eigenvalue weighted by atomic mass is 79.9. The first-order valence-corrected chi connectivity index (χ1v) is 9.65. The Balaban J connectivity index is 1.43. The highest BCUT2D eigenvalue weighted by Crippen LogP contribution is 2.29. The summed E-state index contributed by atoms with van der Waals surface area (Å²) in [6, 6.07) is 10.9. The van der Waals surface area contributed by atoms with Crippen LogP contribution in [0.15, 0.2) is 57.7 Å². The Bertz CT molecular complexity index is 952. The molecule has 0 bridgehead atoms. The van der Waals surface area contributed by atoms with Crippen molar-refractivity contribution < 1.29 is 9.21 Å². The summed E-state index contributed by atoms with van der Waals surface area (Å²) in [5, 5.41) is 0.592. The number of piperazine rings is 1. The summed E-state index contributed by atoms with van der Waals surface area (Å²) in [5.74, 6) is 1.46. The second-order valence-electron chi connectivity index (χ2n) is 6.12. The van der Waals surface area contributed by atoms with Gasteiger partial charge in [0.15, 0.2) is 5.76 Å². The molecule has 27 heavy (non-hydrogen) atoms. The average molecular weight is 448 g/mol. The highest BCUT2D eigenvalue weighted by Gasteiger charge is 2.25. The van der Waals surface area contributed by atoms with Gasteiger partial charge in [-0.25, -0.2) is 9.97 Å². The molecule has 1 aliphatic heterocycles. The number of benzene rings is 1. The summed E-state index contributed by atoms with van der Waals surface area (Å²) in [7, 11) is 0. The predicted octanol–water partition coefficient (Wildman–Crippen LogP) is 4.11. The van der Waals surface area contributed by atoms with Crippen molar-refractivity contribution in [3.05, 3.63) is 64.0 Å². The molecule has 0 unspecified atom stereocenters. The van der Waals surface area contributed by atoms with Gasteiger partial charge in [-0.15, -0.1) is 0 Å². The maximum absolute atomic E-state index is 12.8. The number of furan rings is 1. The van der Waals surface area contributed by atoms with E-state index in [1.807, 2.05) is 18.2 Å². The normalized spacial score (nSPS) is 14.4. The second kappa shape index (κ2) is 7.70. The number of carbonyl (C=O) groups is 1. The molecule has 138 valence electrons. The van der Waals surface area contributed by atoms with Gasteiger partial charge in [-0.05, 0) is 40.2 Å². The summed E-state index contributed by atoms with van der Waals surface area (Å²) >= 11 is 9.54. The molecule has 1 amide bonds. The number of hydrogen-bond acceptors (Lipinski definition) is 5. The van der Waals surface area contributed by atoms with Crippen LogP contribution in [-0.4, -0.2) is 47.0 Å². The van der Waals surface area contributed by atoms with E-state index in [1.54, 1.807) is 35.5 Å². The molecule has 1 aliphatic rings.